The van der Waals surface area contributed by atoms with Gasteiger partial charge in [-0.05, 0) is 0 Å². The molecule has 1 heterocycles. The van der Waals surface area contributed by atoms with Gasteiger partial charge in [0.1, 0.15) is 6.10 Å². The summed E-state index contributed by atoms with van der Waals surface area (Å²) in [5.74, 6) is 0. The Morgan fingerprint density at radius 1 is 1.75 bits per heavy atom. The van der Waals surface area contributed by atoms with Crippen LogP contribution in [-0.2, 0) is 14.3 Å². The zero-order valence-corrected chi connectivity index (χ0v) is 4.24. The molecule has 0 aliphatic carbocycles. The molecule has 0 bridgehead atoms. The van der Waals surface area contributed by atoms with Gasteiger partial charge in [0.05, 0.1) is 0 Å². The summed E-state index contributed by atoms with van der Waals surface area (Å²) in [6.07, 6.45) is 1.17. The van der Waals surface area contributed by atoms with E-state index in [1.165, 1.54) is 0 Å². The third-order valence-corrected chi connectivity index (χ3v) is 0.905. The molecule has 8 heavy (non-hydrogen) atoms. The number of carbonyl (C=O) groups excluding carboxylic acids is 1. The quantitative estimate of drug-likeness (QED) is 0.296. The van der Waals surface area contributed by atoms with Crippen molar-refractivity contribution in [2.24, 2.45) is 0 Å². The van der Waals surface area contributed by atoms with Crippen molar-refractivity contribution in [2.45, 2.75) is 12.4 Å². The lowest BCUT2D eigenvalue weighted by molar-refractivity contribution is -0.133. The molecule has 1 aliphatic heterocycles. The van der Waals surface area contributed by atoms with E-state index in [1.807, 2.05) is 0 Å². The maximum Gasteiger partial charge on any atom is 0.295 e. The van der Waals surface area contributed by atoms with Crippen molar-refractivity contribution >= 4 is 6.47 Å². The summed E-state index contributed by atoms with van der Waals surface area (Å²) in [6.45, 7) is 3.80. The number of hydrogen-bond acceptors (Lipinski definition) is 3. The molecule has 3 nitrogen and oxygen atoms in total. The van der Waals surface area contributed by atoms with Gasteiger partial charge >= 0.3 is 0 Å². The summed E-state index contributed by atoms with van der Waals surface area (Å²) in [7, 11) is 0. The third kappa shape index (κ3) is 0.869. The maximum absolute atomic E-state index is 9.58. The SMILES string of the molecule is C=CC1OC1OC=O. The molecule has 0 amide bonds. The molecule has 1 fully saturated rings. The summed E-state index contributed by atoms with van der Waals surface area (Å²) >= 11 is 0. The smallest absolute Gasteiger partial charge is 0.295 e. The lowest BCUT2D eigenvalue weighted by atomic mass is 10.5. The Hall–Kier alpha value is -0.830. The molecular weight excluding hydrogens is 108 g/mol. The number of rotatable bonds is 3. The minimum absolute atomic E-state index is 0.0693. The van der Waals surface area contributed by atoms with Gasteiger partial charge in [0.15, 0.2) is 0 Å². The highest BCUT2D eigenvalue weighted by atomic mass is 16.8. The summed E-state index contributed by atoms with van der Waals surface area (Å²) in [5, 5.41) is 0. The number of ether oxygens (including phenoxy) is 2. The molecule has 0 aromatic heterocycles. The molecular formula is C5H6O3. The Morgan fingerprint density at radius 3 is 2.88 bits per heavy atom. The van der Waals surface area contributed by atoms with E-state index in [1.54, 1.807) is 6.08 Å². The highest BCUT2D eigenvalue weighted by Crippen LogP contribution is 2.22. The van der Waals surface area contributed by atoms with Crippen molar-refractivity contribution in [1.82, 2.24) is 0 Å². The van der Waals surface area contributed by atoms with Crippen molar-refractivity contribution in [2.75, 3.05) is 0 Å². The predicted molar refractivity (Wildman–Crippen MR) is 26.0 cm³/mol. The van der Waals surface area contributed by atoms with Gasteiger partial charge in [0.2, 0.25) is 6.29 Å². The van der Waals surface area contributed by atoms with Crippen LogP contribution in [-0.4, -0.2) is 18.9 Å². The summed E-state index contributed by atoms with van der Waals surface area (Å²) < 4.78 is 9.12. The molecule has 1 rings (SSSR count). The van der Waals surface area contributed by atoms with Gasteiger partial charge in [-0.25, -0.2) is 0 Å². The lowest BCUT2D eigenvalue weighted by Crippen LogP contribution is -1.94. The largest absolute Gasteiger partial charge is 0.435 e. The van der Waals surface area contributed by atoms with Crippen LogP contribution >= 0.6 is 0 Å². The summed E-state index contributed by atoms with van der Waals surface area (Å²) in [6, 6.07) is 0. The predicted octanol–water partition coefficient (Wildman–Crippen LogP) is 0.0703. The first-order chi connectivity index (χ1) is 3.88. The minimum Gasteiger partial charge on any atom is -0.435 e. The molecule has 0 aromatic rings. The van der Waals surface area contributed by atoms with Crippen molar-refractivity contribution in [1.29, 1.82) is 0 Å². The van der Waals surface area contributed by atoms with Gasteiger partial charge in [-0.2, -0.15) is 0 Å². The normalized spacial score (nSPS) is 33.5. The lowest BCUT2D eigenvalue weighted by Gasteiger charge is -1.82. The highest BCUT2D eigenvalue weighted by Gasteiger charge is 2.38. The van der Waals surface area contributed by atoms with Gasteiger partial charge in [-0.15, -0.1) is 6.58 Å². The second kappa shape index (κ2) is 1.96. The second-order valence-corrected chi connectivity index (χ2v) is 1.44. The molecule has 1 aliphatic rings. The van der Waals surface area contributed by atoms with Crippen molar-refractivity contribution < 1.29 is 14.3 Å². The van der Waals surface area contributed by atoms with Gasteiger partial charge in [0, 0.05) is 0 Å². The third-order valence-electron chi connectivity index (χ3n) is 0.905. The van der Waals surface area contributed by atoms with Crippen LogP contribution in [0.1, 0.15) is 0 Å². The molecule has 0 spiro atoms. The van der Waals surface area contributed by atoms with Crippen molar-refractivity contribution in [3.8, 4) is 0 Å². The van der Waals surface area contributed by atoms with Gasteiger partial charge in [-0.3, -0.25) is 4.79 Å². The topological polar surface area (TPSA) is 38.8 Å². The number of carbonyl (C=O) groups is 1. The van der Waals surface area contributed by atoms with E-state index in [9.17, 15) is 4.79 Å². The van der Waals surface area contributed by atoms with Crippen LogP contribution in [0.5, 0.6) is 0 Å². The van der Waals surface area contributed by atoms with Crippen LogP contribution in [0.2, 0.25) is 0 Å². The Kier molecular flexibility index (Phi) is 1.30. The number of epoxide rings is 1. The van der Waals surface area contributed by atoms with Gasteiger partial charge in [-0.1, -0.05) is 6.08 Å². The molecule has 2 atom stereocenters. The fourth-order valence-electron chi connectivity index (χ4n) is 0.440. The average molecular weight is 114 g/mol. The van der Waals surface area contributed by atoms with E-state index < -0.39 is 0 Å². The Labute approximate surface area is 46.9 Å². The van der Waals surface area contributed by atoms with E-state index in [0.29, 0.717) is 6.47 Å². The van der Waals surface area contributed by atoms with Crippen molar-refractivity contribution in [3.63, 3.8) is 0 Å². The number of hydrogen-bond donors (Lipinski definition) is 0. The summed E-state index contributed by atoms with van der Waals surface area (Å²) in [4.78, 5) is 9.58. The second-order valence-electron chi connectivity index (χ2n) is 1.44. The molecule has 0 N–H and O–H groups in total. The first kappa shape index (κ1) is 5.31. The minimum atomic E-state index is -0.356. The van der Waals surface area contributed by atoms with Crippen LogP contribution < -0.4 is 0 Å². The van der Waals surface area contributed by atoms with E-state index in [2.05, 4.69) is 11.3 Å². The monoisotopic (exact) mass is 114 g/mol. The van der Waals surface area contributed by atoms with Crippen LogP contribution in [0.3, 0.4) is 0 Å². The Morgan fingerprint density at radius 2 is 2.50 bits per heavy atom. The fourth-order valence-corrected chi connectivity index (χ4v) is 0.440. The van der Waals surface area contributed by atoms with Gasteiger partial charge < -0.3 is 9.47 Å². The van der Waals surface area contributed by atoms with E-state index in [-0.39, 0.29) is 12.4 Å². The highest BCUT2D eigenvalue weighted by molar-refractivity contribution is 5.38. The molecule has 0 saturated carbocycles. The molecule has 0 radical (unpaired) electrons. The first-order valence-corrected chi connectivity index (χ1v) is 2.25. The van der Waals surface area contributed by atoms with Crippen LogP contribution in [0.25, 0.3) is 0 Å². The zero-order chi connectivity index (χ0) is 5.98. The standard InChI is InChI=1S/C5H6O3/c1-2-4-5(8-4)7-3-6/h2-5H,1H2. The zero-order valence-electron chi connectivity index (χ0n) is 4.24. The van der Waals surface area contributed by atoms with Crippen molar-refractivity contribution in [3.05, 3.63) is 12.7 Å². The Balaban J connectivity index is 2.16. The van der Waals surface area contributed by atoms with Gasteiger partial charge in [0.25, 0.3) is 6.47 Å². The van der Waals surface area contributed by atoms with E-state index in [0.717, 1.165) is 0 Å². The molecule has 3 heteroatoms. The maximum atomic E-state index is 9.58. The van der Waals surface area contributed by atoms with Crippen LogP contribution in [0.4, 0.5) is 0 Å². The van der Waals surface area contributed by atoms with Crippen LogP contribution in [0, 0.1) is 0 Å². The summed E-state index contributed by atoms with van der Waals surface area (Å²) in [5.41, 5.74) is 0. The van der Waals surface area contributed by atoms with E-state index >= 15 is 0 Å². The average Bonchev–Trinajstić information content (AvgIpc) is 2.48. The molecule has 2 unspecified atom stereocenters. The fraction of sp³-hybridized carbons (Fsp3) is 0.400. The molecule has 44 valence electrons. The van der Waals surface area contributed by atoms with E-state index in [4.69, 9.17) is 4.74 Å². The molecule has 0 aromatic carbocycles. The van der Waals surface area contributed by atoms with Crippen LogP contribution in [0.15, 0.2) is 12.7 Å². The first-order valence-electron chi connectivity index (χ1n) is 2.25. The Bertz CT molecular complexity index is 110. The molecule has 1 saturated heterocycles.